The molecule has 0 aromatic heterocycles. The van der Waals surface area contributed by atoms with Gasteiger partial charge in [0, 0.05) is 11.1 Å². The van der Waals surface area contributed by atoms with Crippen molar-refractivity contribution in [3.63, 3.8) is 0 Å². The largest absolute Gasteiger partial charge is 0.370 e. The molecule has 3 nitrogen and oxygen atoms in total. The molecule has 0 saturated heterocycles. The molecule has 0 bridgehead atoms. The summed E-state index contributed by atoms with van der Waals surface area (Å²) < 4.78 is 0. The van der Waals surface area contributed by atoms with E-state index in [1.165, 1.54) is 0 Å². The Kier molecular flexibility index (Phi) is 4.43. The van der Waals surface area contributed by atoms with Gasteiger partial charge < -0.3 is 11.1 Å². The molecule has 4 heteroatoms. The molecule has 0 saturated carbocycles. The quantitative estimate of drug-likeness (QED) is 0.612. The molecule has 0 heterocycles. The second-order valence-electron chi connectivity index (χ2n) is 3.59. The molecule has 0 fully saturated rings. The van der Waals surface area contributed by atoms with Gasteiger partial charge in [0.2, 0.25) is 0 Å². The van der Waals surface area contributed by atoms with E-state index >= 15 is 0 Å². The van der Waals surface area contributed by atoms with Gasteiger partial charge in [-0.3, -0.25) is 0 Å². The molecule has 3 N–H and O–H groups in total. The lowest BCUT2D eigenvalue weighted by Gasteiger charge is -2.08. The smallest absolute Gasteiger partial charge is 0.189 e. The minimum Gasteiger partial charge on any atom is -0.370 e. The lowest BCUT2D eigenvalue weighted by molar-refractivity contribution is 0.723. The van der Waals surface area contributed by atoms with Crippen molar-refractivity contribution in [2.75, 3.05) is 0 Å². The van der Waals surface area contributed by atoms with Crippen LogP contribution in [0.3, 0.4) is 0 Å². The molecule has 0 unspecified atom stereocenters. The molecule has 0 spiro atoms. The van der Waals surface area contributed by atoms with Crippen molar-refractivity contribution in [1.82, 2.24) is 5.32 Å². The zero-order valence-electron chi connectivity index (χ0n) is 9.00. The van der Waals surface area contributed by atoms with Gasteiger partial charge in [0.15, 0.2) is 5.96 Å². The highest BCUT2D eigenvalue weighted by atomic mass is 35.5. The van der Waals surface area contributed by atoms with Crippen LogP contribution in [0, 0.1) is 0 Å². The third kappa shape index (κ3) is 4.21. The minimum atomic E-state index is 0.292. The molecule has 1 aromatic rings. The van der Waals surface area contributed by atoms with Crippen LogP contribution >= 0.6 is 11.6 Å². The highest BCUT2D eigenvalue weighted by Gasteiger charge is 1.98. The van der Waals surface area contributed by atoms with Crippen molar-refractivity contribution in [3.05, 3.63) is 34.9 Å². The zero-order chi connectivity index (χ0) is 11.3. The van der Waals surface area contributed by atoms with E-state index in [-0.39, 0.29) is 0 Å². The van der Waals surface area contributed by atoms with E-state index in [1.807, 2.05) is 38.1 Å². The second kappa shape index (κ2) is 5.61. The fourth-order valence-corrected chi connectivity index (χ4v) is 1.33. The van der Waals surface area contributed by atoms with Crippen molar-refractivity contribution in [2.45, 2.75) is 26.4 Å². The Morgan fingerprint density at radius 2 is 2.13 bits per heavy atom. The van der Waals surface area contributed by atoms with Gasteiger partial charge in [-0.05, 0) is 25.5 Å². The Morgan fingerprint density at radius 1 is 1.47 bits per heavy atom. The van der Waals surface area contributed by atoms with Gasteiger partial charge in [-0.1, -0.05) is 29.8 Å². The summed E-state index contributed by atoms with van der Waals surface area (Å²) in [7, 11) is 0. The molecule has 1 aromatic carbocycles. The van der Waals surface area contributed by atoms with Crippen LogP contribution in [-0.2, 0) is 6.54 Å². The minimum absolute atomic E-state index is 0.292. The highest BCUT2D eigenvalue weighted by Crippen LogP contribution is 2.15. The average molecular weight is 226 g/mol. The van der Waals surface area contributed by atoms with Crippen molar-refractivity contribution < 1.29 is 0 Å². The molecular weight excluding hydrogens is 210 g/mol. The van der Waals surface area contributed by atoms with Crippen LogP contribution in [0.15, 0.2) is 29.3 Å². The number of guanidine groups is 1. The predicted molar refractivity (Wildman–Crippen MR) is 65.1 cm³/mol. The van der Waals surface area contributed by atoms with Crippen LogP contribution < -0.4 is 11.1 Å². The average Bonchev–Trinajstić information content (AvgIpc) is 2.15. The van der Waals surface area contributed by atoms with Gasteiger partial charge in [0.25, 0.3) is 0 Å². The first-order chi connectivity index (χ1) is 7.09. The normalized spacial score (nSPS) is 11.9. The van der Waals surface area contributed by atoms with Gasteiger partial charge in [-0.2, -0.15) is 0 Å². The van der Waals surface area contributed by atoms with E-state index in [0.717, 1.165) is 10.6 Å². The number of hydrogen-bond donors (Lipinski definition) is 2. The summed E-state index contributed by atoms with van der Waals surface area (Å²) in [5.74, 6) is 0.449. The van der Waals surface area contributed by atoms with Gasteiger partial charge in [-0.15, -0.1) is 0 Å². The summed E-state index contributed by atoms with van der Waals surface area (Å²) in [5.41, 5.74) is 6.65. The molecule has 0 aliphatic rings. The third-order valence-electron chi connectivity index (χ3n) is 1.81. The molecule has 1 rings (SSSR count). The highest BCUT2D eigenvalue weighted by molar-refractivity contribution is 6.31. The van der Waals surface area contributed by atoms with Crippen LogP contribution in [-0.4, -0.2) is 12.0 Å². The van der Waals surface area contributed by atoms with E-state index in [1.54, 1.807) is 0 Å². The first-order valence-corrected chi connectivity index (χ1v) is 5.27. The standard InChI is InChI=1S/C11H16ClN3/c1-8(2)15-11(13)14-7-9-5-3-4-6-10(9)12/h3-6,8H,7H2,1-2H3,(H3,13,14,15). The van der Waals surface area contributed by atoms with Gasteiger partial charge in [-0.25, -0.2) is 4.99 Å². The Balaban J connectivity index is 2.60. The van der Waals surface area contributed by atoms with Crippen molar-refractivity contribution in [3.8, 4) is 0 Å². The number of hydrogen-bond acceptors (Lipinski definition) is 1. The first kappa shape index (κ1) is 11.9. The fourth-order valence-electron chi connectivity index (χ4n) is 1.14. The summed E-state index contributed by atoms with van der Waals surface area (Å²) in [6.45, 7) is 4.53. The maximum absolute atomic E-state index is 5.98. The van der Waals surface area contributed by atoms with Crippen LogP contribution in [0.5, 0.6) is 0 Å². The summed E-state index contributed by atoms with van der Waals surface area (Å²) >= 11 is 5.98. The summed E-state index contributed by atoms with van der Waals surface area (Å²) in [6, 6.07) is 7.90. The molecule has 15 heavy (non-hydrogen) atoms. The maximum Gasteiger partial charge on any atom is 0.189 e. The van der Waals surface area contributed by atoms with Crippen molar-refractivity contribution >= 4 is 17.6 Å². The monoisotopic (exact) mass is 225 g/mol. The van der Waals surface area contributed by atoms with Crippen molar-refractivity contribution in [2.24, 2.45) is 10.7 Å². The SMILES string of the molecule is CC(C)NC(N)=NCc1ccccc1Cl. The molecule has 0 aliphatic carbocycles. The van der Waals surface area contributed by atoms with Crippen LogP contribution in [0.2, 0.25) is 5.02 Å². The number of nitrogens with zero attached hydrogens (tertiary/aromatic N) is 1. The van der Waals surface area contributed by atoms with Crippen LogP contribution in [0.1, 0.15) is 19.4 Å². The number of nitrogens with two attached hydrogens (primary N) is 1. The van der Waals surface area contributed by atoms with E-state index in [0.29, 0.717) is 18.5 Å². The molecule has 0 atom stereocenters. The maximum atomic E-state index is 5.98. The van der Waals surface area contributed by atoms with Gasteiger partial charge in [0.05, 0.1) is 6.54 Å². The molecule has 0 amide bonds. The Labute approximate surface area is 95.3 Å². The summed E-state index contributed by atoms with van der Waals surface area (Å²) in [4.78, 5) is 4.19. The number of halogens is 1. The van der Waals surface area contributed by atoms with Crippen molar-refractivity contribution in [1.29, 1.82) is 0 Å². The van der Waals surface area contributed by atoms with E-state index < -0.39 is 0 Å². The Morgan fingerprint density at radius 3 is 2.73 bits per heavy atom. The lowest BCUT2D eigenvalue weighted by atomic mass is 10.2. The number of nitrogens with one attached hydrogen (secondary N) is 1. The fraction of sp³-hybridized carbons (Fsp3) is 0.364. The van der Waals surface area contributed by atoms with Crippen LogP contribution in [0.4, 0.5) is 0 Å². The Hall–Kier alpha value is -1.22. The third-order valence-corrected chi connectivity index (χ3v) is 2.18. The topological polar surface area (TPSA) is 50.4 Å². The molecular formula is C11H16ClN3. The molecule has 0 radical (unpaired) electrons. The van der Waals surface area contributed by atoms with E-state index in [2.05, 4.69) is 10.3 Å². The number of rotatable bonds is 3. The molecule has 0 aliphatic heterocycles. The second-order valence-corrected chi connectivity index (χ2v) is 4.00. The Bertz CT molecular complexity index is 347. The number of benzene rings is 1. The number of aliphatic imine (C=N–C) groups is 1. The van der Waals surface area contributed by atoms with E-state index in [9.17, 15) is 0 Å². The summed E-state index contributed by atoms with van der Waals surface area (Å²) in [5, 5.41) is 3.74. The van der Waals surface area contributed by atoms with Gasteiger partial charge in [0.1, 0.15) is 0 Å². The van der Waals surface area contributed by atoms with Crippen LogP contribution in [0.25, 0.3) is 0 Å². The van der Waals surface area contributed by atoms with Gasteiger partial charge >= 0.3 is 0 Å². The zero-order valence-corrected chi connectivity index (χ0v) is 9.75. The van der Waals surface area contributed by atoms with E-state index in [4.69, 9.17) is 17.3 Å². The molecule has 82 valence electrons. The summed E-state index contributed by atoms with van der Waals surface area (Å²) in [6.07, 6.45) is 0. The lowest BCUT2D eigenvalue weighted by Crippen LogP contribution is -2.36. The predicted octanol–water partition coefficient (Wildman–Crippen LogP) is 2.15. The first-order valence-electron chi connectivity index (χ1n) is 4.89.